The number of nitrogens with zero attached hydrogens (tertiary/aromatic N) is 3. The van der Waals surface area contributed by atoms with E-state index in [-0.39, 0.29) is 30.5 Å². The lowest BCUT2D eigenvalue weighted by Gasteiger charge is -2.44. The van der Waals surface area contributed by atoms with Crippen molar-refractivity contribution in [2.75, 3.05) is 24.8 Å². The quantitative estimate of drug-likeness (QED) is 0.101. The molecule has 3 saturated heterocycles. The molecule has 0 bridgehead atoms. The summed E-state index contributed by atoms with van der Waals surface area (Å²) in [5.41, 5.74) is 7.40. The van der Waals surface area contributed by atoms with E-state index in [1.54, 1.807) is 12.1 Å². The van der Waals surface area contributed by atoms with Crippen LogP contribution in [-0.4, -0.2) is 145 Å². The van der Waals surface area contributed by atoms with E-state index in [2.05, 4.69) is 36.9 Å². The lowest BCUT2D eigenvalue weighted by Crippen LogP contribution is -2.71. The van der Waals surface area contributed by atoms with Gasteiger partial charge in [-0.2, -0.15) is 0 Å². The maximum absolute atomic E-state index is 12.8. The standard InChI is InChI=1S/C26H41N6O12P/c1-11-18-12(2)31(10-32(18)19-23(28-11)29-26(27)30-24(19)38)14-5-3-13(4-6-14)7-15(33)20(35)16(34)8-42-25-22(37)21(36)17(44-25)9-43-45(39,40)41/h3-6,11-12,15-22,25-26,33-37H,7-10,27H2,1-2H3,(H,28,29)(H,30,38)(H2,39,40,41)/t11-,12+,15-,16+,17+,18+,19?,20-,21+,22+,25-,26?/m0/s1. The molecular weight excluding hydrogens is 619 g/mol. The van der Waals surface area contributed by atoms with Gasteiger partial charge in [0.15, 0.2) is 12.6 Å². The fourth-order valence-electron chi connectivity index (χ4n) is 6.37. The molecule has 5 rings (SSSR count). The Labute approximate surface area is 258 Å². The van der Waals surface area contributed by atoms with E-state index in [0.29, 0.717) is 18.1 Å². The van der Waals surface area contributed by atoms with Crippen LogP contribution >= 0.6 is 7.82 Å². The number of nitrogens with two attached hydrogens (primary N) is 1. The number of anilines is 1. The van der Waals surface area contributed by atoms with Crippen molar-refractivity contribution in [1.29, 1.82) is 0 Å². The number of benzene rings is 1. The van der Waals surface area contributed by atoms with Gasteiger partial charge in [0.1, 0.15) is 42.4 Å². The second-order valence-electron chi connectivity index (χ2n) is 11.8. The van der Waals surface area contributed by atoms with Gasteiger partial charge in [-0.05, 0) is 31.5 Å². The molecule has 0 aromatic heterocycles. The SMILES string of the molecule is C[C@@H]1NC2=NC(N)NC(=O)C2N2CN(c3ccc(C[C@H](O)[C@H](O)[C@H](O)CO[C@H]4O[C@H](COP(=O)(O)O)[C@@H](O)[C@H]4O)cc3)[C@H](C)[C@@H]12. The zero-order chi connectivity index (χ0) is 32.8. The van der Waals surface area contributed by atoms with Crippen LogP contribution < -0.4 is 21.3 Å². The number of aliphatic hydroxyl groups is 5. The Bertz CT molecular complexity index is 1290. The minimum Gasteiger partial charge on any atom is -0.390 e. The molecular formula is C26H41N6O12P. The molecule has 11 N–H and O–H groups in total. The van der Waals surface area contributed by atoms with E-state index in [9.17, 15) is 34.9 Å². The number of piperazine rings is 1. The van der Waals surface area contributed by atoms with Crippen LogP contribution in [0.5, 0.6) is 0 Å². The van der Waals surface area contributed by atoms with Crippen molar-refractivity contribution in [3.63, 3.8) is 0 Å². The van der Waals surface area contributed by atoms with Crippen molar-refractivity contribution < 1.29 is 58.7 Å². The van der Waals surface area contributed by atoms with E-state index >= 15 is 0 Å². The highest BCUT2D eigenvalue weighted by Gasteiger charge is 2.52. The first-order valence-electron chi connectivity index (χ1n) is 14.5. The Balaban J connectivity index is 1.14. The molecule has 2 unspecified atom stereocenters. The number of nitrogens with one attached hydrogen (secondary N) is 2. The highest BCUT2D eigenvalue weighted by atomic mass is 31.2. The summed E-state index contributed by atoms with van der Waals surface area (Å²) in [5, 5.41) is 57.6. The van der Waals surface area contributed by atoms with Crippen LogP contribution in [0, 0.1) is 0 Å². The number of amidine groups is 1. The molecule has 252 valence electrons. The van der Waals surface area contributed by atoms with Crippen LogP contribution in [-0.2, 0) is 29.8 Å². The minimum absolute atomic E-state index is 0.00482. The third-order valence-corrected chi connectivity index (χ3v) is 9.12. The molecule has 19 heteroatoms. The lowest BCUT2D eigenvalue weighted by atomic mass is 9.95. The third kappa shape index (κ3) is 7.33. The van der Waals surface area contributed by atoms with Crippen LogP contribution in [0.15, 0.2) is 29.3 Å². The first-order chi connectivity index (χ1) is 21.1. The molecule has 1 aromatic rings. The number of rotatable bonds is 11. The number of carbonyl (C=O) groups is 1. The monoisotopic (exact) mass is 660 g/mol. The molecule has 0 saturated carbocycles. The van der Waals surface area contributed by atoms with Crippen molar-refractivity contribution >= 4 is 25.3 Å². The number of hydrogen-bond donors (Lipinski definition) is 10. The number of carbonyl (C=O) groups excluding carboxylic acids is 1. The van der Waals surface area contributed by atoms with Gasteiger partial charge in [0.2, 0.25) is 5.91 Å². The summed E-state index contributed by atoms with van der Waals surface area (Å²) in [6.07, 6.45) is -11.4. The number of aliphatic hydroxyl groups excluding tert-OH is 5. The summed E-state index contributed by atoms with van der Waals surface area (Å²) in [7, 11) is -4.84. The van der Waals surface area contributed by atoms with Gasteiger partial charge >= 0.3 is 7.82 Å². The van der Waals surface area contributed by atoms with Crippen LogP contribution in [0.1, 0.15) is 19.4 Å². The number of phosphoric ester groups is 1. The average Bonchev–Trinajstić information content (AvgIpc) is 3.45. The largest absolute Gasteiger partial charge is 0.469 e. The molecule has 0 aliphatic carbocycles. The first-order valence-corrected chi connectivity index (χ1v) is 16.1. The smallest absolute Gasteiger partial charge is 0.390 e. The summed E-state index contributed by atoms with van der Waals surface area (Å²) < 4.78 is 25.6. The topological polar surface area (TPSA) is 272 Å². The van der Waals surface area contributed by atoms with Gasteiger partial charge in [-0.25, -0.2) is 9.56 Å². The number of fused-ring (bicyclic) bond motifs is 3. The predicted octanol–water partition coefficient (Wildman–Crippen LogP) is -4.15. The molecule has 12 atom stereocenters. The molecule has 3 fully saturated rings. The number of phosphoric acid groups is 1. The van der Waals surface area contributed by atoms with Crippen LogP contribution in [0.25, 0.3) is 0 Å². The second-order valence-corrected chi connectivity index (χ2v) is 13.0. The molecule has 4 aliphatic heterocycles. The lowest BCUT2D eigenvalue weighted by molar-refractivity contribution is -0.192. The maximum atomic E-state index is 12.8. The van der Waals surface area contributed by atoms with Crippen LogP contribution in [0.4, 0.5) is 5.69 Å². The van der Waals surface area contributed by atoms with E-state index in [1.165, 1.54) is 0 Å². The molecule has 1 amide bonds. The average molecular weight is 661 g/mol. The van der Waals surface area contributed by atoms with Gasteiger partial charge in [-0.15, -0.1) is 0 Å². The zero-order valence-corrected chi connectivity index (χ0v) is 25.5. The minimum atomic E-state index is -4.84. The number of amides is 1. The van der Waals surface area contributed by atoms with E-state index in [1.807, 2.05) is 19.1 Å². The Morgan fingerprint density at radius 3 is 2.47 bits per heavy atom. The molecule has 18 nitrogen and oxygen atoms in total. The van der Waals surface area contributed by atoms with Gasteiger partial charge in [0, 0.05) is 24.2 Å². The normalized spacial score (nSPS) is 35.6. The second kappa shape index (κ2) is 13.4. The molecule has 4 aliphatic rings. The number of aliphatic imine (C=N–C) groups is 1. The Kier molecular flexibility index (Phi) is 10.2. The van der Waals surface area contributed by atoms with Gasteiger partial charge < -0.3 is 60.3 Å². The zero-order valence-electron chi connectivity index (χ0n) is 24.6. The fourth-order valence-corrected chi connectivity index (χ4v) is 6.72. The number of ether oxygens (including phenoxy) is 2. The molecule has 0 spiro atoms. The van der Waals surface area contributed by atoms with E-state index in [0.717, 1.165) is 5.69 Å². The van der Waals surface area contributed by atoms with Crippen molar-refractivity contribution in [1.82, 2.24) is 15.5 Å². The molecule has 45 heavy (non-hydrogen) atoms. The Hall–Kier alpha value is -2.29. The molecule has 4 heterocycles. The van der Waals surface area contributed by atoms with Crippen LogP contribution in [0.2, 0.25) is 0 Å². The van der Waals surface area contributed by atoms with Gasteiger partial charge in [-0.3, -0.25) is 20.0 Å². The Morgan fingerprint density at radius 2 is 1.80 bits per heavy atom. The van der Waals surface area contributed by atoms with Crippen LogP contribution in [0.3, 0.4) is 0 Å². The fraction of sp³-hybridized carbons (Fsp3) is 0.692. The molecule has 0 radical (unpaired) electrons. The van der Waals surface area contributed by atoms with Crippen molar-refractivity contribution in [2.24, 2.45) is 10.7 Å². The first kappa shape index (κ1) is 34.1. The van der Waals surface area contributed by atoms with Crippen molar-refractivity contribution in [2.45, 2.75) is 93.6 Å². The van der Waals surface area contributed by atoms with Gasteiger partial charge in [-0.1, -0.05) is 12.1 Å². The highest BCUT2D eigenvalue weighted by molar-refractivity contribution is 7.46. The highest BCUT2D eigenvalue weighted by Crippen LogP contribution is 2.37. The van der Waals surface area contributed by atoms with E-state index in [4.69, 9.17) is 25.0 Å². The van der Waals surface area contributed by atoms with Gasteiger partial charge in [0.25, 0.3) is 0 Å². The maximum Gasteiger partial charge on any atom is 0.469 e. The van der Waals surface area contributed by atoms with Crippen molar-refractivity contribution in [3.8, 4) is 0 Å². The predicted molar refractivity (Wildman–Crippen MR) is 155 cm³/mol. The van der Waals surface area contributed by atoms with E-state index < -0.39 is 76.3 Å². The summed E-state index contributed by atoms with van der Waals surface area (Å²) in [5.74, 6) is 0.351. The summed E-state index contributed by atoms with van der Waals surface area (Å²) in [6, 6.07) is 6.86. The third-order valence-electron chi connectivity index (χ3n) is 8.64. The van der Waals surface area contributed by atoms with Crippen molar-refractivity contribution in [3.05, 3.63) is 29.8 Å². The summed E-state index contributed by atoms with van der Waals surface area (Å²) in [6.45, 7) is 3.29. The van der Waals surface area contributed by atoms with Gasteiger partial charge in [0.05, 0.1) is 32.0 Å². The number of hydrogen-bond acceptors (Lipinski definition) is 15. The molecule has 1 aromatic carbocycles. The summed E-state index contributed by atoms with van der Waals surface area (Å²) >= 11 is 0. The Morgan fingerprint density at radius 1 is 1.11 bits per heavy atom. The summed E-state index contributed by atoms with van der Waals surface area (Å²) in [4.78, 5) is 39.1.